The third kappa shape index (κ3) is 4.56. The van der Waals surface area contributed by atoms with Crippen molar-refractivity contribution < 1.29 is 9.59 Å². The van der Waals surface area contributed by atoms with E-state index in [1.54, 1.807) is 11.9 Å². The van der Waals surface area contributed by atoms with E-state index in [4.69, 9.17) is 11.6 Å². The lowest BCUT2D eigenvalue weighted by molar-refractivity contribution is -0.136. The number of H-pyrrole nitrogens is 1. The smallest absolute Gasteiger partial charge is 0.317 e. The molecule has 3 rings (SSSR count). The fourth-order valence-electron chi connectivity index (χ4n) is 3.56. The summed E-state index contributed by atoms with van der Waals surface area (Å²) in [5.74, 6) is 0.142. The molecular formula is C20H27ClN4O2. The van der Waals surface area contributed by atoms with E-state index < -0.39 is 0 Å². The summed E-state index contributed by atoms with van der Waals surface area (Å²) in [7, 11) is 1.80. The number of nitrogens with zero attached hydrogens (tertiary/aromatic N) is 2. The molecule has 3 amide bonds. The van der Waals surface area contributed by atoms with Crippen LogP contribution in [0.15, 0.2) is 24.3 Å². The third-order valence-corrected chi connectivity index (χ3v) is 5.37. The molecule has 0 bridgehead atoms. The largest absolute Gasteiger partial charge is 0.357 e. The van der Waals surface area contributed by atoms with Crippen LogP contribution in [-0.4, -0.2) is 52.9 Å². The highest BCUT2D eigenvalue weighted by Gasteiger charge is 2.29. The summed E-state index contributed by atoms with van der Waals surface area (Å²) in [6.07, 6.45) is 1.83. The van der Waals surface area contributed by atoms with Gasteiger partial charge in [0, 0.05) is 47.7 Å². The molecule has 6 nitrogen and oxygen atoms in total. The fourth-order valence-corrected chi connectivity index (χ4v) is 3.74. The maximum Gasteiger partial charge on any atom is 0.317 e. The number of hydrogen-bond acceptors (Lipinski definition) is 2. The molecule has 0 saturated carbocycles. The molecule has 1 fully saturated rings. The minimum absolute atomic E-state index is 0.0154. The standard InChI is InChI=1S/C20H27ClN4O2/c1-13(2)19(26)25-8-4-5-17(12-25)24(3)20(27)22-11-16-10-14-9-15(21)6-7-18(14)23-16/h6-7,9-10,13,17,23H,4-5,8,11-12H2,1-3H3,(H,22,27). The van der Waals surface area contributed by atoms with Gasteiger partial charge in [-0.25, -0.2) is 4.79 Å². The van der Waals surface area contributed by atoms with Crippen molar-refractivity contribution in [2.45, 2.75) is 39.3 Å². The van der Waals surface area contributed by atoms with Crippen molar-refractivity contribution in [1.29, 1.82) is 0 Å². The van der Waals surface area contributed by atoms with Crippen LogP contribution in [0.2, 0.25) is 5.02 Å². The van der Waals surface area contributed by atoms with Crippen molar-refractivity contribution in [3.8, 4) is 0 Å². The molecule has 0 spiro atoms. The molecule has 1 unspecified atom stereocenters. The number of benzene rings is 1. The van der Waals surface area contributed by atoms with E-state index in [9.17, 15) is 9.59 Å². The Morgan fingerprint density at radius 1 is 1.37 bits per heavy atom. The lowest BCUT2D eigenvalue weighted by Gasteiger charge is -2.38. The van der Waals surface area contributed by atoms with Gasteiger partial charge in [0.1, 0.15) is 0 Å². The van der Waals surface area contributed by atoms with Gasteiger partial charge < -0.3 is 20.1 Å². The molecule has 2 aromatic rings. The zero-order valence-corrected chi connectivity index (χ0v) is 16.8. The van der Waals surface area contributed by atoms with Gasteiger partial charge in [-0.3, -0.25) is 4.79 Å². The molecule has 0 radical (unpaired) electrons. The maximum absolute atomic E-state index is 12.6. The highest BCUT2D eigenvalue weighted by atomic mass is 35.5. The monoisotopic (exact) mass is 390 g/mol. The van der Waals surface area contributed by atoms with Crippen molar-refractivity contribution in [3.63, 3.8) is 0 Å². The van der Waals surface area contributed by atoms with Gasteiger partial charge in [0.2, 0.25) is 5.91 Å². The Labute approximate surface area is 164 Å². The maximum atomic E-state index is 12.6. The summed E-state index contributed by atoms with van der Waals surface area (Å²) in [5, 5.41) is 4.67. The van der Waals surface area contributed by atoms with Crippen LogP contribution in [0.25, 0.3) is 10.9 Å². The van der Waals surface area contributed by atoms with Crippen LogP contribution in [0.5, 0.6) is 0 Å². The molecule has 0 aliphatic carbocycles. The number of rotatable bonds is 4. The minimum atomic E-state index is -0.129. The number of fused-ring (bicyclic) bond motifs is 1. The van der Waals surface area contributed by atoms with Crippen molar-refractivity contribution in [2.75, 3.05) is 20.1 Å². The first-order valence-electron chi connectivity index (χ1n) is 9.41. The lowest BCUT2D eigenvalue weighted by atomic mass is 10.0. The summed E-state index contributed by atoms with van der Waals surface area (Å²) in [5.41, 5.74) is 1.92. The molecule has 27 heavy (non-hydrogen) atoms. The van der Waals surface area contributed by atoms with Crippen LogP contribution >= 0.6 is 11.6 Å². The van der Waals surface area contributed by atoms with E-state index in [0.717, 1.165) is 36.0 Å². The van der Waals surface area contributed by atoms with E-state index in [0.29, 0.717) is 18.1 Å². The molecule has 1 atom stereocenters. The molecule has 1 aromatic heterocycles. The Balaban J connectivity index is 1.57. The number of hydrogen-bond donors (Lipinski definition) is 2. The first-order valence-corrected chi connectivity index (χ1v) is 9.79. The second-order valence-corrected chi connectivity index (χ2v) is 7.97. The average molecular weight is 391 g/mol. The SMILES string of the molecule is CC(C)C(=O)N1CCCC(N(C)C(=O)NCc2cc3cc(Cl)ccc3[nH]2)C1. The highest BCUT2D eigenvalue weighted by molar-refractivity contribution is 6.31. The number of aromatic nitrogens is 1. The van der Waals surface area contributed by atoms with Crippen LogP contribution in [0, 0.1) is 5.92 Å². The van der Waals surface area contributed by atoms with Crippen molar-refractivity contribution in [2.24, 2.45) is 5.92 Å². The van der Waals surface area contributed by atoms with Gasteiger partial charge in [0.25, 0.3) is 0 Å². The molecule has 1 aromatic carbocycles. The Morgan fingerprint density at radius 2 is 2.15 bits per heavy atom. The van der Waals surface area contributed by atoms with E-state index in [1.165, 1.54) is 0 Å². The lowest BCUT2D eigenvalue weighted by Crippen LogP contribution is -2.53. The molecule has 1 saturated heterocycles. The zero-order valence-electron chi connectivity index (χ0n) is 16.1. The fraction of sp³-hybridized carbons (Fsp3) is 0.500. The molecule has 2 heterocycles. The number of halogens is 1. The number of urea groups is 1. The molecule has 1 aliphatic heterocycles. The highest BCUT2D eigenvalue weighted by Crippen LogP contribution is 2.20. The second kappa shape index (κ2) is 8.21. The minimum Gasteiger partial charge on any atom is -0.357 e. The number of likely N-dealkylation sites (N-methyl/N-ethyl adjacent to an activating group) is 1. The molecular weight excluding hydrogens is 364 g/mol. The summed E-state index contributed by atoms with van der Waals surface area (Å²) < 4.78 is 0. The van der Waals surface area contributed by atoms with E-state index in [2.05, 4.69) is 10.3 Å². The van der Waals surface area contributed by atoms with E-state index >= 15 is 0 Å². The van der Waals surface area contributed by atoms with Gasteiger partial charge in [0.05, 0.1) is 12.6 Å². The molecule has 1 aliphatic rings. The first-order chi connectivity index (χ1) is 12.8. The van der Waals surface area contributed by atoms with Crippen molar-refractivity contribution >= 4 is 34.4 Å². The molecule has 7 heteroatoms. The van der Waals surface area contributed by atoms with Crippen molar-refractivity contribution in [1.82, 2.24) is 20.1 Å². The summed E-state index contributed by atoms with van der Waals surface area (Å²) in [6, 6.07) is 7.57. The number of aromatic amines is 1. The van der Waals surface area contributed by atoms with Crippen LogP contribution in [0.1, 0.15) is 32.4 Å². The average Bonchev–Trinajstić information content (AvgIpc) is 3.06. The van der Waals surface area contributed by atoms with Crippen LogP contribution in [0.4, 0.5) is 4.79 Å². The predicted octanol–water partition coefficient (Wildman–Crippen LogP) is 3.61. The third-order valence-electron chi connectivity index (χ3n) is 5.14. The number of nitrogens with one attached hydrogen (secondary N) is 2. The zero-order chi connectivity index (χ0) is 19.6. The van der Waals surface area contributed by atoms with Gasteiger partial charge in [-0.15, -0.1) is 0 Å². The Morgan fingerprint density at radius 3 is 2.89 bits per heavy atom. The van der Waals surface area contributed by atoms with E-state index in [-0.39, 0.29) is 23.9 Å². The van der Waals surface area contributed by atoms with Gasteiger partial charge in [-0.2, -0.15) is 0 Å². The summed E-state index contributed by atoms with van der Waals surface area (Å²) in [6.45, 7) is 5.62. The van der Waals surface area contributed by atoms with Gasteiger partial charge in [-0.1, -0.05) is 25.4 Å². The number of likely N-dealkylation sites (tertiary alicyclic amines) is 1. The normalized spacial score (nSPS) is 17.4. The topological polar surface area (TPSA) is 68.4 Å². The van der Waals surface area contributed by atoms with Crippen LogP contribution in [-0.2, 0) is 11.3 Å². The summed E-state index contributed by atoms with van der Waals surface area (Å²) in [4.78, 5) is 31.7. The predicted molar refractivity (Wildman–Crippen MR) is 108 cm³/mol. The number of piperidine rings is 1. The quantitative estimate of drug-likeness (QED) is 0.837. The van der Waals surface area contributed by atoms with Crippen molar-refractivity contribution in [3.05, 3.63) is 35.0 Å². The second-order valence-electron chi connectivity index (χ2n) is 7.53. The number of carbonyl (C=O) groups excluding carboxylic acids is 2. The van der Waals surface area contributed by atoms with Crippen LogP contribution in [0.3, 0.4) is 0 Å². The Bertz CT molecular complexity index is 832. The number of carbonyl (C=O) groups is 2. The first kappa shape index (κ1) is 19.5. The van der Waals surface area contributed by atoms with Crippen LogP contribution < -0.4 is 5.32 Å². The summed E-state index contributed by atoms with van der Waals surface area (Å²) >= 11 is 6.02. The number of amides is 3. The Hall–Kier alpha value is -2.21. The molecule has 146 valence electrons. The van der Waals surface area contributed by atoms with Gasteiger partial charge in [-0.05, 0) is 37.1 Å². The van der Waals surface area contributed by atoms with E-state index in [1.807, 2.05) is 43.0 Å². The Kier molecular flexibility index (Phi) is 5.95. The van der Waals surface area contributed by atoms with Gasteiger partial charge >= 0.3 is 6.03 Å². The molecule has 2 N–H and O–H groups in total. The van der Waals surface area contributed by atoms with Gasteiger partial charge in [0.15, 0.2) is 0 Å².